The molecule has 1 atom stereocenters. The van der Waals surface area contributed by atoms with Gasteiger partial charge in [0.2, 0.25) is 0 Å². The van der Waals surface area contributed by atoms with Crippen LogP contribution in [-0.2, 0) is 6.54 Å². The van der Waals surface area contributed by atoms with Crippen molar-refractivity contribution in [3.8, 4) is 0 Å². The van der Waals surface area contributed by atoms with Gasteiger partial charge in [0, 0.05) is 18.9 Å². The fourth-order valence-corrected chi connectivity index (χ4v) is 3.59. The third kappa shape index (κ3) is 2.71. The molecule has 1 aromatic heterocycles. The van der Waals surface area contributed by atoms with Crippen molar-refractivity contribution < 1.29 is 0 Å². The lowest BCUT2D eigenvalue weighted by Crippen LogP contribution is -2.24. The fraction of sp³-hybridized carbons (Fsp3) is 0.786. The molecule has 3 rings (SSSR count). The van der Waals surface area contributed by atoms with E-state index in [-0.39, 0.29) is 0 Å². The first-order valence-electron chi connectivity index (χ1n) is 7.12. The molecule has 1 N–H and O–H groups in total. The molecular formula is C14H23N3. The average molecular weight is 233 g/mol. The summed E-state index contributed by atoms with van der Waals surface area (Å²) in [7, 11) is 0. The van der Waals surface area contributed by atoms with Gasteiger partial charge in [0.15, 0.2) is 0 Å². The van der Waals surface area contributed by atoms with E-state index in [1.807, 2.05) is 12.4 Å². The Labute approximate surface area is 104 Å². The molecule has 94 valence electrons. The fourth-order valence-electron chi connectivity index (χ4n) is 3.59. The molecule has 0 amide bonds. The van der Waals surface area contributed by atoms with Gasteiger partial charge in [-0.15, -0.1) is 0 Å². The summed E-state index contributed by atoms with van der Waals surface area (Å²) in [5.41, 5.74) is 0. The SMILES string of the molecule is c1c[nH]c(CN2CC[C@@H](C3CCCCC3)C2)n1. The number of H-pyrrole nitrogens is 1. The summed E-state index contributed by atoms with van der Waals surface area (Å²) in [4.78, 5) is 10.1. The Morgan fingerprint density at radius 1 is 1.18 bits per heavy atom. The van der Waals surface area contributed by atoms with Crippen LogP contribution in [0.4, 0.5) is 0 Å². The molecule has 0 bridgehead atoms. The Morgan fingerprint density at radius 2 is 2.06 bits per heavy atom. The molecule has 2 fully saturated rings. The summed E-state index contributed by atoms with van der Waals surface area (Å²) in [6.45, 7) is 3.57. The van der Waals surface area contributed by atoms with E-state index in [2.05, 4.69) is 14.9 Å². The molecule has 1 aliphatic carbocycles. The van der Waals surface area contributed by atoms with Gasteiger partial charge in [0.1, 0.15) is 5.82 Å². The number of nitrogens with one attached hydrogen (secondary N) is 1. The molecule has 2 aliphatic rings. The number of likely N-dealkylation sites (tertiary alicyclic amines) is 1. The van der Waals surface area contributed by atoms with Crippen molar-refractivity contribution in [3.05, 3.63) is 18.2 Å². The number of hydrogen-bond donors (Lipinski definition) is 1. The monoisotopic (exact) mass is 233 g/mol. The zero-order chi connectivity index (χ0) is 11.5. The number of aromatic nitrogens is 2. The van der Waals surface area contributed by atoms with Crippen LogP contribution in [0.25, 0.3) is 0 Å². The molecule has 1 aliphatic heterocycles. The van der Waals surface area contributed by atoms with Gasteiger partial charge in [-0.3, -0.25) is 4.90 Å². The highest BCUT2D eigenvalue weighted by molar-refractivity contribution is 4.90. The second-order valence-electron chi connectivity index (χ2n) is 5.72. The smallest absolute Gasteiger partial charge is 0.120 e. The highest BCUT2D eigenvalue weighted by atomic mass is 15.2. The van der Waals surface area contributed by atoms with Crippen molar-refractivity contribution in [3.63, 3.8) is 0 Å². The number of aromatic amines is 1. The number of imidazole rings is 1. The largest absolute Gasteiger partial charge is 0.348 e. The molecule has 2 heterocycles. The molecule has 0 unspecified atom stereocenters. The molecule has 0 spiro atoms. The van der Waals surface area contributed by atoms with E-state index in [9.17, 15) is 0 Å². The molecule has 1 saturated heterocycles. The van der Waals surface area contributed by atoms with Crippen LogP contribution >= 0.6 is 0 Å². The molecule has 0 aromatic carbocycles. The maximum Gasteiger partial charge on any atom is 0.120 e. The van der Waals surface area contributed by atoms with Gasteiger partial charge in [-0.2, -0.15) is 0 Å². The van der Waals surface area contributed by atoms with Crippen molar-refractivity contribution in [2.45, 2.75) is 45.1 Å². The lowest BCUT2D eigenvalue weighted by molar-refractivity contribution is 0.233. The van der Waals surface area contributed by atoms with Crippen LogP contribution in [0.2, 0.25) is 0 Å². The number of nitrogens with zero attached hydrogens (tertiary/aromatic N) is 2. The number of rotatable bonds is 3. The van der Waals surface area contributed by atoms with Gasteiger partial charge in [0.25, 0.3) is 0 Å². The summed E-state index contributed by atoms with van der Waals surface area (Å²) in [5.74, 6) is 3.10. The highest BCUT2D eigenvalue weighted by Gasteiger charge is 2.30. The average Bonchev–Trinajstić information content (AvgIpc) is 3.02. The van der Waals surface area contributed by atoms with Gasteiger partial charge < -0.3 is 4.98 Å². The minimum atomic E-state index is 0.963. The van der Waals surface area contributed by atoms with E-state index < -0.39 is 0 Å². The van der Waals surface area contributed by atoms with Crippen LogP contribution in [-0.4, -0.2) is 28.0 Å². The van der Waals surface area contributed by atoms with E-state index in [4.69, 9.17) is 0 Å². The lowest BCUT2D eigenvalue weighted by Gasteiger charge is -2.27. The minimum absolute atomic E-state index is 0.963. The molecular weight excluding hydrogens is 210 g/mol. The quantitative estimate of drug-likeness (QED) is 0.870. The van der Waals surface area contributed by atoms with E-state index in [0.29, 0.717) is 0 Å². The Morgan fingerprint density at radius 3 is 2.82 bits per heavy atom. The number of hydrogen-bond acceptors (Lipinski definition) is 2. The van der Waals surface area contributed by atoms with Gasteiger partial charge in [0.05, 0.1) is 6.54 Å². The van der Waals surface area contributed by atoms with Crippen molar-refractivity contribution in [2.24, 2.45) is 11.8 Å². The second kappa shape index (κ2) is 5.21. The molecule has 3 nitrogen and oxygen atoms in total. The maximum absolute atomic E-state index is 4.32. The first-order valence-corrected chi connectivity index (χ1v) is 7.12. The Balaban J connectivity index is 1.51. The van der Waals surface area contributed by atoms with Crippen molar-refractivity contribution in [2.75, 3.05) is 13.1 Å². The van der Waals surface area contributed by atoms with Gasteiger partial charge in [-0.25, -0.2) is 4.98 Å². The molecule has 1 aromatic rings. The maximum atomic E-state index is 4.32. The van der Waals surface area contributed by atoms with Crippen LogP contribution in [0.15, 0.2) is 12.4 Å². The van der Waals surface area contributed by atoms with Gasteiger partial charge in [-0.05, 0) is 24.8 Å². The van der Waals surface area contributed by atoms with E-state index in [0.717, 1.165) is 24.2 Å². The van der Waals surface area contributed by atoms with Gasteiger partial charge >= 0.3 is 0 Å². The normalized spacial score (nSPS) is 27.6. The molecule has 1 saturated carbocycles. The lowest BCUT2D eigenvalue weighted by atomic mass is 9.80. The summed E-state index contributed by atoms with van der Waals surface area (Å²) in [6, 6.07) is 0. The first-order chi connectivity index (χ1) is 8.42. The Kier molecular flexibility index (Phi) is 3.46. The predicted molar refractivity (Wildman–Crippen MR) is 68.5 cm³/mol. The summed E-state index contributed by atoms with van der Waals surface area (Å²) < 4.78 is 0. The topological polar surface area (TPSA) is 31.9 Å². The van der Waals surface area contributed by atoms with Crippen LogP contribution in [0, 0.1) is 11.8 Å². The second-order valence-corrected chi connectivity index (χ2v) is 5.72. The summed E-state index contributed by atoms with van der Waals surface area (Å²) in [6.07, 6.45) is 12.6. The van der Waals surface area contributed by atoms with Crippen LogP contribution < -0.4 is 0 Å². The summed E-state index contributed by atoms with van der Waals surface area (Å²) in [5, 5.41) is 0. The van der Waals surface area contributed by atoms with E-state index in [1.54, 1.807) is 0 Å². The van der Waals surface area contributed by atoms with Gasteiger partial charge in [-0.1, -0.05) is 32.1 Å². The van der Waals surface area contributed by atoms with Crippen LogP contribution in [0.1, 0.15) is 44.3 Å². The molecule has 0 radical (unpaired) electrons. The summed E-state index contributed by atoms with van der Waals surface area (Å²) >= 11 is 0. The highest BCUT2D eigenvalue weighted by Crippen LogP contribution is 2.35. The first kappa shape index (κ1) is 11.3. The zero-order valence-corrected chi connectivity index (χ0v) is 10.6. The Hall–Kier alpha value is -0.830. The molecule has 17 heavy (non-hydrogen) atoms. The minimum Gasteiger partial charge on any atom is -0.348 e. The van der Waals surface area contributed by atoms with E-state index in [1.165, 1.54) is 51.6 Å². The zero-order valence-electron chi connectivity index (χ0n) is 10.6. The van der Waals surface area contributed by atoms with E-state index >= 15 is 0 Å². The third-order valence-electron chi connectivity index (χ3n) is 4.55. The van der Waals surface area contributed by atoms with Crippen molar-refractivity contribution >= 4 is 0 Å². The van der Waals surface area contributed by atoms with Crippen molar-refractivity contribution in [1.29, 1.82) is 0 Å². The predicted octanol–water partition coefficient (Wildman–Crippen LogP) is 2.81. The standard InChI is InChI=1S/C14H23N3/c1-2-4-12(5-3-1)13-6-9-17(10-13)11-14-15-7-8-16-14/h7-8,12-13H,1-6,9-11H2,(H,15,16)/t13-/m1/s1. The third-order valence-corrected chi connectivity index (χ3v) is 4.55. The molecule has 3 heteroatoms. The van der Waals surface area contributed by atoms with Crippen LogP contribution in [0.3, 0.4) is 0 Å². The Bertz CT molecular complexity index is 327. The van der Waals surface area contributed by atoms with Crippen molar-refractivity contribution in [1.82, 2.24) is 14.9 Å². The van der Waals surface area contributed by atoms with Crippen LogP contribution in [0.5, 0.6) is 0 Å².